The number of benzene rings is 1. The number of rotatable bonds is 0. The minimum Gasteiger partial charge on any atom is -0.438 e. The van der Waals surface area contributed by atoms with Gasteiger partial charge in [0.05, 0.1) is 0 Å². The maximum absolute atomic E-state index is 12.4. The molecule has 0 radical (unpaired) electrons. The Labute approximate surface area is 120 Å². The Hall–Kier alpha value is -2.36. The van der Waals surface area contributed by atoms with E-state index in [1.807, 2.05) is 24.3 Å². The van der Waals surface area contributed by atoms with Gasteiger partial charge in [-0.1, -0.05) is 24.6 Å². The van der Waals surface area contributed by atoms with Crippen LogP contribution in [0.4, 0.5) is 0 Å². The molecule has 106 valence electrons. The molecule has 0 spiro atoms. The summed E-state index contributed by atoms with van der Waals surface area (Å²) in [4.78, 5) is 15.4. The second-order valence-electron chi connectivity index (χ2n) is 5.65. The second-order valence-corrected chi connectivity index (χ2v) is 5.65. The smallest absolute Gasteiger partial charge is 0.261 e. The van der Waals surface area contributed by atoms with Crippen molar-refractivity contribution in [2.24, 2.45) is 0 Å². The summed E-state index contributed by atoms with van der Waals surface area (Å²) in [7, 11) is 0. The first-order valence-electron chi connectivity index (χ1n) is 7.40. The van der Waals surface area contributed by atoms with E-state index in [0.717, 1.165) is 42.1 Å². The van der Waals surface area contributed by atoms with Crippen LogP contribution in [0.3, 0.4) is 0 Å². The zero-order chi connectivity index (χ0) is 14.4. The Kier molecular flexibility index (Phi) is 2.70. The van der Waals surface area contributed by atoms with Crippen molar-refractivity contribution in [1.29, 1.82) is 5.41 Å². The Morgan fingerprint density at radius 3 is 2.76 bits per heavy atom. The topological polar surface area (TPSA) is 69.8 Å². The average Bonchev–Trinajstić information content (AvgIpc) is 2.72. The third kappa shape index (κ3) is 1.82. The van der Waals surface area contributed by atoms with Crippen LogP contribution in [0.2, 0.25) is 0 Å². The lowest BCUT2D eigenvalue weighted by molar-refractivity contribution is 0.541. The van der Waals surface area contributed by atoms with Gasteiger partial charge in [-0.15, -0.1) is 0 Å². The summed E-state index contributed by atoms with van der Waals surface area (Å²) in [5.74, 6) is 0. The van der Waals surface area contributed by atoms with E-state index in [0.29, 0.717) is 11.0 Å². The lowest BCUT2D eigenvalue weighted by Crippen LogP contribution is -2.19. The number of nitrogens with one attached hydrogen (secondary N) is 2. The Balaban J connectivity index is 2.30. The summed E-state index contributed by atoms with van der Waals surface area (Å²) in [6.07, 6.45) is 5.28. The summed E-state index contributed by atoms with van der Waals surface area (Å²) in [6.45, 7) is 0. The van der Waals surface area contributed by atoms with Gasteiger partial charge in [0.25, 0.3) is 5.56 Å². The second kappa shape index (κ2) is 4.58. The molecule has 1 aliphatic carbocycles. The van der Waals surface area contributed by atoms with Crippen molar-refractivity contribution in [3.05, 3.63) is 51.4 Å². The zero-order valence-electron chi connectivity index (χ0n) is 11.7. The molecular formula is C17H16N2O2. The monoisotopic (exact) mass is 280 g/mol. The van der Waals surface area contributed by atoms with Gasteiger partial charge in [0.15, 0.2) is 0 Å². The number of fused-ring (bicyclic) bond motifs is 5. The fourth-order valence-corrected chi connectivity index (χ4v) is 3.40. The van der Waals surface area contributed by atoms with Crippen LogP contribution in [0.1, 0.15) is 30.5 Å². The molecule has 1 aromatic carbocycles. The van der Waals surface area contributed by atoms with E-state index >= 15 is 0 Å². The first-order valence-corrected chi connectivity index (χ1v) is 7.40. The van der Waals surface area contributed by atoms with E-state index in [-0.39, 0.29) is 11.1 Å². The molecule has 0 bridgehead atoms. The summed E-state index contributed by atoms with van der Waals surface area (Å²) in [5, 5.41) is 10.3. The minimum atomic E-state index is -0.204. The fourth-order valence-electron chi connectivity index (χ4n) is 3.40. The molecule has 0 atom stereocenters. The maximum atomic E-state index is 12.4. The van der Waals surface area contributed by atoms with Crippen LogP contribution >= 0.6 is 0 Å². The molecule has 2 heterocycles. The highest BCUT2D eigenvalue weighted by Crippen LogP contribution is 2.29. The van der Waals surface area contributed by atoms with Gasteiger partial charge in [0.1, 0.15) is 11.0 Å². The molecule has 2 N–H and O–H groups in total. The molecule has 4 nitrogen and oxygen atoms in total. The fraction of sp³-hybridized carbons (Fsp3) is 0.294. The van der Waals surface area contributed by atoms with E-state index < -0.39 is 0 Å². The number of aryl methyl sites for hydroxylation is 2. The molecule has 4 heteroatoms. The average molecular weight is 280 g/mol. The van der Waals surface area contributed by atoms with Gasteiger partial charge in [0, 0.05) is 16.5 Å². The van der Waals surface area contributed by atoms with Crippen LogP contribution in [0.15, 0.2) is 33.5 Å². The molecule has 0 amide bonds. The SMILES string of the molecule is N=c1oc2ccccc2c2c3c([nH]c(=O)c12)CCCCC3. The van der Waals surface area contributed by atoms with Crippen molar-refractivity contribution < 1.29 is 4.42 Å². The Morgan fingerprint density at radius 2 is 1.86 bits per heavy atom. The number of H-pyrrole nitrogens is 1. The van der Waals surface area contributed by atoms with Crippen molar-refractivity contribution in [1.82, 2.24) is 4.98 Å². The Morgan fingerprint density at radius 1 is 1.05 bits per heavy atom. The summed E-state index contributed by atoms with van der Waals surface area (Å²) in [5.41, 5.74) is 2.66. The largest absolute Gasteiger partial charge is 0.438 e. The van der Waals surface area contributed by atoms with Gasteiger partial charge < -0.3 is 9.40 Å². The highest BCUT2D eigenvalue weighted by atomic mass is 16.3. The van der Waals surface area contributed by atoms with Crippen LogP contribution in [-0.2, 0) is 12.8 Å². The van der Waals surface area contributed by atoms with Gasteiger partial charge >= 0.3 is 0 Å². The molecule has 21 heavy (non-hydrogen) atoms. The molecule has 3 aromatic rings. The van der Waals surface area contributed by atoms with Crippen LogP contribution in [-0.4, -0.2) is 4.98 Å². The quantitative estimate of drug-likeness (QED) is 0.491. The minimum absolute atomic E-state index is 0.0444. The number of aromatic nitrogens is 1. The third-order valence-corrected chi connectivity index (χ3v) is 4.36. The summed E-state index contributed by atoms with van der Waals surface area (Å²) in [6, 6.07) is 7.68. The highest BCUT2D eigenvalue weighted by molar-refractivity contribution is 6.05. The molecule has 2 aromatic heterocycles. The van der Waals surface area contributed by atoms with Crippen molar-refractivity contribution >= 4 is 21.7 Å². The summed E-state index contributed by atoms with van der Waals surface area (Å²) >= 11 is 0. The van der Waals surface area contributed by atoms with Crippen LogP contribution in [0, 0.1) is 5.41 Å². The van der Waals surface area contributed by atoms with Crippen LogP contribution < -0.4 is 11.1 Å². The van der Waals surface area contributed by atoms with E-state index in [9.17, 15) is 4.79 Å². The lowest BCUT2D eigenvalue weighted by atomic mass is 9.98. The number of aromatic amines is 1. The molecule has 0 saturated heterocycles. The molecule has 1 aliphatic rings. The maximum Gasteiger partial charge on any atom is 0.261 e. The molecular weight excluding hydrogens is 264 g/mol. The van der Waals surface area contributed by atoms with Gasteiger partial charge in [0.2, 0.25) is 5.55 Å². The van der Waals surface area contributed by atoms with Gasteiger partial charge in [-0.2, -0.15) is 0 Å². The third-order valence-electron chi connectivity index (χ3n) is 4.36. The number of para-hydroxylation sites is 1. The van der Waals surface area contributed by atoms with Crippen molar-refractivity contribution in [3.8, 4) is 0 Å². The van der Waals surface area contributed by atoms with E-state index in [1.54, 1.807) is 0 Å². The first kappa shape index (κ1) is 12.4. The number of hydrogen-bond donors (Lipinski definition) is 2. The molecule has 0 saturated carbocycles. The normalized spacial score (nSPS) is 15.0. The van der Waals surface area contributed by atoms with E-state index in [1.165, 1.54) is 12.0 Å². The lowest BCUT2D eigenvalue weighted by Gasteiger charge is -2.11. The highest BCUT2D eigenvalue weighted by Gasteiger charge is 2.18. The summed E-state index contributed by atoms with van der Waals surface area (Å²) < 4.78 is 5.52. The zero-order valence-corrected chi connectivity index (χ0v) is 11.7. The van der Waals surface area contributed by atoms with Gasteiger partial charge in [-0.05, 0) is 37.3 Å². The number of hydrogen-bond acceptors (Lipinski definition) is 3. The van der Waals surface area contributed by atoms with Gasteiger partial charge in [-0.3, -0.25) is 10.2 Å². The predicted octanol–water partition coefficient (Wildman–Crippen LogP) is 3.02. The van der Waals surface area contributed by atoms with Crippen molar-refractivity contribution in [2.45, 2.75) is 32.1 Å². The van der Waals surface area contributed by atoms with Crippen molar-refractivity contribution in [2.75, 3.05) is 0 Å². The molecule has 0 aliphatic heterocycles. The van der Waals surface area contributed by atoms with E-state index in [2.05, 4.69) is 4.98 Å². The first-order chi connectivity index (χ1) is 10.3. The standard InChI is InChI=1S/C17H16N2O2/c18-16-15-14(11-7-4-5-9-13(11)21-16)10-6-2-1-3-8-12(10)19-17(15)20/h4-5,7,9,18H,1-3,6,8H2,(H,19,20). The van der Waals surface area contributed by atoms with E-state index in [4.69, 9.17) is 9.83 Å². The van der Waals surface area contributed by atoms with Gasteiger partial charge in [-0.25, -0.2) is 0 Å². The Bertz CT molecular complexity index is 966. The predicted molar refractivity (Wildman–Crippen MR) is 81.5 cm³/mol. The molecule has 0 fully saturated rings. The molecule has 0 unspecified atom stereocenters. The molecule has 4 rings (SSSR count). The van der Waals surface area contributed by atoms with Crippen molar-refractivity contribution in [3.63, 3.8) is 0 Å². The van der Waals surface area contributed by atoms with Crippen LogP contribution in [0.5, 0.6) is 0 Å². The van der Waals surface area contributed by atoms with Crippen LogP contribution in [0.25, 0.3) is 21.7 Å². The number of pyridine rings is 1.